The minimum Gasteiger partial charge on any atom is -0.453 e. The second-order valence-corrected chi connectivity index (χ2v) is 15.7. The maximum atomic E-state index is 14.7. The average molecular weight is 733 g/mol. The van der Waals surface area contributed by atoms with Gasteiger partial charge in [-0.05, 0) is 58.1 Å². The third-order valence-electron chi connectivity index (χ3n) is 10.9. The van der Waals surface area contributed by atoms with Crippen LogP contribution in [0.3, 0.4) is 0 Å². The molecule has 10 heteroatoms. The van der Waals surface area contributed by atoms with Crippen molar-refractivity contribution in [3.05, 3.63) is 131 Å². The summed E-state index contributed by atoms with van der Waals surface area (Å²) in [5, 5.41) is 27.6. The number of nitrogens with zero attached hydrogens (tertiary/aromatic N) is 2. The molecular weight excluding hydrogens is 681 g/mol. The molecule has 1 saturated heterocycles. The normalized spacial score (nSPS) is 21.5. The van der Waals surface area contributed by atoms with Crippen molar-refractivity contribution >= 4 is 17.9 Å². The number of aliphatic hydroxyl groups excluding tert-OH is 2. The zero-order valence-corrected chi connectivity index (χ0v) is 31.6. The Morgan fingerprint density at radius 3 is 2.19 bits per heavy atom. The summed E-state index contributed by atoms with van der Waals surface area (Å²) < 4.78 is 4.83. The van der Waals surface area contributed by atoms with Gasteiger partial charge < -0.3 is 25.2 Å². The molecule has 284 valence electrons. The molecule has 4 N–H and O–H groups in total. The van der Waals surface area contributed by atoms with E-state index in [9.17, 15) is 24.6 Å². The Morgan fingerprint density at radius 2 is 1.52 bits per heavy atom. The first-order valence-electron chi connectivity index (χ1n) is 18.7. The highest BCUT2D eigenvalue weighted by molar-refractivity contribution is 5.87. The Labute approximate surface area is 318 Å². The number of carbonyl (C=O) groups excluding carboxylic acids is 3. The smallest absolute Gasteiger partial charge is 0.407 e. The number of amides is 3. The molecule has 0 radical (unpaired) electrons. The Hall–Kier alpha value is -5.03. The first-order chi connectivity index (χ1) is 25.9. The lowest BCUT2D eigenvalue weighted by molar-refractivity contribution is -0.142. The van der Waals surface area contributed by atoms with E-state index in [-0.39, 0.29) is 12.5 Å². The molecule has 0 unspecified atom stereocenters. The van der Waals surface area contributed by atoms with Gasteiger partial charge in [0.1, 0.15) is 6.04 Å². The van der Waals surface area contributed by atoms with Crippen molar-refractivity contribution in [1.82, 2.24) is 20.7 Å². The van der Waals surface area contributed by atoms with Crippen LogP contribution in [0.15, 0.2) is 109 Å². The number of ether oxygens (including phenoxy) is 1. The first kappa shape index (κ1) is 38.7. The van der Waals surface area contributed by atoms with Crippen LogP contribution in [-0.2, 0) is 33.7 Å². The maximum absolute atomic E-state index is 14.7. The number of hydrogen-bond acceptors (Lipinski definition) is 7. The van der Waals surface area contributed by atoms with Gasteiger partial charge in [0.2, 0.25) is 5.91 Å². The van der Waals surface area contributed by atoms with Gasteiger partial charge in [-0.2, -0.15) is 0 Å². The number of rotatable bonds is 13. The number of benzene rings is 4. The fraction of sp³-hybridized carbons (Fsp3) is 0.386. The molecule has 5 atom stereocenters. The lowest BCUT2D eigenvalue weighted by Crippen LogP contribution is -2.57. The molecule has 54 heavy (non-hydrogen) atoms. The molecule has 4 aromatic carbocycles. The molecule has 0 bridgehead atoms. The highest BCUT2D eigenvalue weighted by atomic mass is 16.5. The Kier molecular flexibility index (Phi) is 11.9. The summed E-state index contributed by atoms with van der Waals surface area (Å²) in [6.07, 6.45) is -0.867. The quantitative estimate of drug-likeness (QED) is 0.127. The van der Waals surface area contributed by atoms with E-state index < -0.39 is 47.1 Å². The van der Waals surface area contributed by atoms with Gasteiger partial charge >= 0.3 is 6.09 Å². The van der Waals surface area contributed by atoms with E-state index in [1.54, 1.807) is 4.90 Å². The van der Waals surface area contributed by atoms with Crippen molar-refractivity contribution in [3.8, 4) is 11.1 Å². The number of fused-ring (bicyclic) bond motifs is 1. The van der Waals surface area contributed by atoms with Crippen LogP contribution in [0.25, 0.3) is 11.1 Å². The number of alkyl carbamates (subject to hydrolysis) is 1. The number of carbonyl (C=O) groups is 3. The van der Waals surface area contributed by atoms with Crippen LogP contribution >= 0.6 is 0 Å². The molecule has 2 aliphatic rings. The predicted molar refractivity (Wildman–Crippen MR) is 208 cm³/mol. The van der Waals surface area contributed by atoms with Gasteiger partial charge in [-0.25, -0.2) is 9.80 Å². The van der Waals surface area contributed by atoms with Crippen LogP contribution < -0.4 is 10.7 Å². The van der Waals surface area contributed by atoms with Crippen molar-refractivity contribution in [2.45, 2.75) is 77.3 Å². The SMILES string of the molecule is COC(=O)N[C@H](C(=O)NN(CCC[C@@]1(Cc2ccccc2)C(=O)N([C@H]2c3ccccc3C[C@H]2O)C[C@H]1O)Cc1ccc(-c2ccccc2)cc1)C(C)(C)C. The van der Waals surface area contributed by atoms with E-state index >= 15 is 0 Å². The Balaban J connectivity index is 1.26. The van der Waals surface area contributed by atoms with E-state index in [0.29, 0.717) is 38.8 Å². The molecule has 0 saturated carbocycles. The number of methoxy groups -OCH3 is 1. The summed E-state index contributed by atoms with van der Waals surface area (Å²) >= 11 is 0. The van der Waals surface area contributed by atoms with Crippen molar-refractivity contribution in [3.63, 3.8) is 0 Å². The van der Waals surface area contributed by atoms with Gasteiger partial charge in [-0.3, -0.25) is 15.0 Å². The van der Waals surface area contributed by atoms with Gasteiger partial charge in [0.15, 0.2) is 0 Å². The van der Waals surface area contributed by atoms with Gasteiger partial charge in [0.25, 0.3) is 5.91 Å². The number of hydrazine groups is 1. The lowest BCUT2D eigenvalue weighted by atomic mass is 9.74. The fourth-order valence-corrected chi connectivity index (χ4v) is 8.04. The van der Waals surface area contributed by atoms with Crippen molar-refractivity contribution in [2.24, 2.45) is 10.8 Å². The number of β-amino-alcohol motifs (C(OH)–C–C–N with tert-alkyl or cyclic N) is 1. The zero-order valence-electron chi connectivity index (χ0n) is 31.6. The highest BCUT2D eigenvalue weighted by Gasteiger charge is 2.56. The fourth-order valence-electron chi connectivity index (χ4n) is 8.04. The molecular formula is C44H52N4O6. The van der Waals surface area contributed by atoms with Gasteiger partial charge in [-0.1, -0.05) is 130 Å². The summed E-state index contributed by atoms with van der Waals surface area (Å²) in [7, 11) is 1.26. The summed E-state index contributed by atoms with van der Waals surface area (Å²) in [4.78, 5) is 42.6. The van der Waals surface area contributed by atoms with Crippen LogP contribution in [-0.4, -0.2) is 76.5 Å². The maximum Gasteiger partial charge on any atom is 0.407 e. The largest absolute Gasteiger partial charge is 0.453 e. The number of aliphatic hydroxyl groups is 2. The van der Waals surface area contributed by atoms with Crippen LogP contribution in [0.5, 0.6) is 0 Å². The molecule has 0 aromatic heterocycles. The Bertz CT molecular complexity index is 1900. The average Bonchev–Trinajstić information content (AvgIpc) is 3.61. The lowest BCUT2D eigenvalue weighted by Gasteiger charge is -2.34. The number of hydrogen-bond donors (Lipinski definition) is 4. The van der Waals surface area contributed by atoms with E-state index in [1.165, 1.54) is 7.11 Å². The molecule has 10 nitrogen and oxygen atoms in total. The number of likely N-dealkylation sites (tertiary alicyclic amines) is 1. The second kappa shape index (κ2) is 16.5. The standard InChI is InChI=1S/C44H52N4O6/c1-43(2,3)39(45-42(53)54-4)40(51)46-47(28-31-20-22-33(23-21-31)32-16-9-6-10-17-32)25-13-24-44(27-30-14-7-5-8-15-30)37(50)29-48(41(44)52)38-35-19-12-11-18-34(35)26-36(38)49/h5-12,14-23,36-39,49-50H,13,24-29H2,1-4H3,(H,45,53)(H,46,51)/t36-,37-,38+,39-,44+/m1/s1. The summed E-state index contributed by atoms with van der Waals surface area (Å²) in [5.41, 5.74) is 7.28. The minimum atomic E-state index is -1.15. The van der Waals surface area contributed by atoms with Crippen LogP contribution in [0.2, 0.25) is 0 Å². The molecule has 4 aromatic rings. The molecule has 3 amide bonds. The van der Waals surface area contributed by atoms with Crippen molar-refractivity contribution < 1.29 is 29.3 Å². The predicted octanol–water partition coefficient (Wildman–Crippen LogP) is 5.83. The van der Waals surface area contributed by atoms with E-state index in [4.69, 9.17) is 4.74 Å². The summed E-state index contributed by atoms with van der Waals surface area (Å²) in [6.45, 7) is 6.42. The van der Waals surface area contributed by atoms with Crippen molar-refractivity contribution in [2.75, 3.05) is 20.2 Å². The number of nitrogens with one attached hydrogen (secondary N) is 2. The second-order valence-electron chi connectivity index (χ2n) is 15.7. The topological polar surface area (TPSA) is 131 Å². The highest BCUT2D eigenvalue weighted by Crippen LogP contribution is 2.46. The van der Waals surface area contributed by atoms with Gasteiger partial charge in [-0.15, -0.1) is 0 Å². The van der Waals surface area contributed by atoms with Crippen LogP contribution in [0.4, 0.5) is 4.79 Å². The summed E-state index contributed by atoms with van der Waals surface area (Å²) in [6, 6.07) is 34.3. The molecule has 0 spiro atoms. The molecule has 1 fully saturated rings. The third kappa shape index (κ3) is 8.51. The third-order valence-corrected chi connectivity index (χ3v) is 10.9. The van der Waals surface area contributed by atoms with E-state index in [1.807, 2.05) is 123 Å². The van der Waals surface area contributed by atoms with Gasteiger partial charge in [0, 0.05) is 26.1 Å². The first-order valence-corrected chi connectivity index (χ1v) is 18.7. The molecule has 1 aliphatic heterocycles. The minimum absolute atomic E-state index is 0.113. The van der Waals surface area contributed by atoms with E-state index in [0.717, 1.165) is 33.4 Å². The zero-order chi connectivity index (χ0) is 38.5. The molecule has 6 rings (SSSR count). The van der Waals surface area contributed by atoms with Crippen molar-refractivity contribution in [1.29, 1.82) is 0 Å². The molecule has 1 heterocycles. The Morgan fingerprint density at radius 1 is 0.889 bits per heavy atom. The van der Waals surface area contributed by atoms with Crippen LogP contribution in [0, 0.1) is 10.8 Å². The monoisotopic (exact) mass is 732 g/mol. The molecule has 1 aliphatic carbocycles. The van der Waals surface area contributed by atoms with Crippen LogP contribution in [0.1, 0.15) is 61.9 Å². The summed E-state index contributed by atoms with van der Waals surface area (Å²) in [5.74, 6) is -0.577. The van der Waals surface area contributed by atoms with Gasteiger partial charge in [0.05, 0.1) is 30.8 Å². The van der Waals surface area contributed by atoms with E-state index in [2.05, 4.69) is 22.9 Å².